The average molecular weight is 340 g/mol. The largest absolute Gasteiger partial charge is 0.462 e. The molecule has 130 valence electrons. The number of ether oxygens (including phenoxy) is 1. The molecule has 0 aliphatic heterocycles. The summed E-state index contributed by atoms with van der Waals surface area (Å²) in [7, 11) is 0. The number of carbonyl (C=O) groups is 3. The van der Waals surface area contributed by atoms with Crippen molar-refractivity contribution in [1.82, 2.24) is 0 Å². The molecule has 0 unspecified atom stereocenters. The van der Waals surface area contributed by atoms with Gasteiger partial charge in [-0.1, -0.05) is 6.92 Å². The third-order valence-electron chi connectivity index (χ3n) is 3.41. The van der Waals surface area contributed by atoms with E-state index in [9.17, 15) is 14.4 Å². The molecule has 2 amide bonds. The van der Waals surface area contributed by atoms with Crippen LogP contribution in [0.2, 0.25) is 0 Å². The van der Waals surface area contributed by atoms with Crippen molar-refractivity contribution in [2.75, 3.05) is 17.2 Å². The molecule has 2 N–H and O–H groups in total. The van der Waals surface area contributed by atoms with Crippen LogP contribution in [0.15, 0.2) is 48.5 Å². The van der Waals surface area contributed by atoms with E-state index in [1.807, 2.05) is 0 Å². The second kappa shape index (κ2) is 8.63. The van der Waals surface area contributed by atoms with Crippen molar-refractivity contribution in [2.45, 2.75) is 20.3 Å². The molecule has 0 heterocycles. The first-order valence-electron chi connectivity index (χ1n) is 8.02. The summed E-state index contributed by atoms with van der Waals surface area (Å²) in [5, 5.41) is 5.47. The Morgan fingerprint density at radius 2 is 1.32 bits per heavy atom. The fraction of sp³-hybridized carbons (Fsp3) is 0.211. The highest BCUT2D eigenvalue weighted by atomic mass is 16.5. The average Bonchev–Trinajstić information content (AvgIpc) is 2.63. The minimum absolute atomic E-state index is 0.0844. The topological polar surface area (TPSA) is 84.5 Å². The monoisotopic (exact) mass is 340 g/mol. The molecule has 0 saturated carbocycles. The lowest BCUT2D eigenvalue weighted by Crippen LogP contribution is -2.13. The van der Waals surface area contributed by atoms with Gasteiger partial charge in [-0.15, -0.1) is 0 Å². The predicted octanol–water partition coefficient (Wildman–Crippen LogP) is 3.46. The molecule has 6 nitrogen and oxygen atoms in total. The zero-order valence-electron chi connectivity index (χ0n) is 14.2. The maximum atomic E-state index is 12.2. The summed E-state index contributed by atoms with van der Waals surface area (Å²) in [5.41, 5.74) is 2.10. The molecule has 6 heteroatoms. The third-order valence-corrected chi connectivity index (χ3v) is 3.41. The summed E-state index contributed by atoms with van der Waals surface area (Å²) in [6, 6.07) is 13.1. The summed E-state index contributed by atoms with van der Waals surface area (Å²) < 4.78 is 4.91. The van der Waals surface area contributed by atoms with Gasteiger partial charge in [-0.3, -0.25) is 9.59 Å². The summed E-state index contributed by atoms with van der Waals surface area (Å²) in [6.07, 6.45) is 0.393. The van der Waals surface area contributed by atoms with Crippen molar-refractivity contribution in [3.05, 3.63) is 59.7 Å². The minimum atomic E-state index is -0.398. The highest BCUT2D eigenvalue weighted by Crippen LogP contribution is 2.14. The van der Waals surface area contributed by atoms with Gasteiger partial charge in [-0.05, 0) is 55.5 Å². The number of esters is 1. The Balaban J connectivity index is 1.99. The van der Waals surface area contributed by atoms with Gasteiger partial charge in [0.15, 0.2) is 0 Å². The number of rotatable bonds is 6. The molecule has 0 fully saturated rings. The van der Waals surface area contributed by atoms with Crippen LogP contribution in [-0.2, 0) is 9.53 Å². The van der Waals surface area contributed by atoms with E-state index in [1.165, 1.54) is 0 Å². The second-order valence-corrected chi connectivity index (χ2v) is 5.23. The van der Waals surface area contributed by atoms with Gasteiger partial charge in [-0.2, -0.15) is 0 Å². The van der Waals surface area contributed by atoms with Crippen LogP contribution in [0.25, 0.3) is 0 Å². The van der Waals surface area contributed by atoms with E-state index in [0.717, 1.165) is 0 Å². The molecule has 2 rings (SSSR count). The molecule has 0 saturated heterocycles. The van der Waals surface area contributed by atoms with Crippen LogP contribution >= 0.6 is 0 Å². The number of hydrogen-bond acceptors (Lipinski definition) is 4. The lowest BCUT2D eigenvalue weighted by molar-refractivity contribution is -0.115. The van der Waals surface area contributed by atoms with E-state index in [0.29, 0.717) is 35.5 Å². The van der Waals surface area contributed by atoms with Crippen molar-refractivity contribution in [3.8, 4) is 0 Å². The quantitative estimate of drug-likeness (QED) is 0.789. The van der Waals surface area contributed by atoms with Gasteiger partial charge >= 0.3 is 5.97 Å². The zero-order valence-corrected chi connectivity index (χ0v) is 14.2. The van der Waals surface area contributed by atoms with Crippen molar-refractivity contribution in [2.24, 2.45) is 0 Å². The van der Waals surface area contributed by atoms with E-state index in [4.69, 9.17) is 4.74 Å². The van der Waals surface area contributed by atoms with Gasteiger partial charge in [-0.25, -0.2) is 4.79 Å². The molecule has 25 heavy (non-hydrogen) atoms. The third kappa shape index (κ3) is 5.17. The smallest absolute Gasteiger partial charge is 0.338 e. The Hall–Kier alpha value is -3.15. The summed E-state index contributed by atoms with van der Waals surface area (Å²) in [6.45, 7) is 3.82. The van der Waals surface area contributed by atoms with Crippen molar-refractivity contribution >= 4 is 29.2 Å². The van der Waals surface area contributed by atoms with Gasteiger partial charge in [0, 0.05) is 23.4 Å². The molecule has 0 aliphatic rings. The Morgan fingerprint density at radius 3 is 1.84 bits per heavy atom. The first-order valence-corrected chi connectivity index (χ1v) is 8.02. The number of nitrogens with one attached hydrogen (secondary N) is 2. The van der Waals surface area contributed by atoms with E-state index >= 15 is 0 Å². The molecule has 0 atom stereocenters. The van der Waals surface area contributed by atoms with E-state index in [1.54, 1.807) is 62.4 Å². The molecule has 0 aromatic heterocycles. The van der Waals surface area contributed by atoms with Crippen molar-refractivity contribution < 1.29 is 19.1 Å². The number of carbonyl (C=O) groups excluding carboxylic acids is 3. The van der Waals surface area contributed by atoms with Crippen LogP contribution in [0, 0.1) is 0 Å². The minimum Gasteiger partial charge on any atom is -0.462 e. The van der Waals surface area contributed by atoms with Crippen molar-refractivity contribution in [1.29, 1.82) is 0 Å². The molecule has 0 bridgehead atoms. The summed E-state index contributed by atoms with van der Waals surface area (Å²) in [5.74, 6) is -0.763. The summed E-state index contributed by atoms with van der Waals surface area (Å²) in [4.78, 5) is 35.2. The van der Waals surface area contributed by atoms with Crippen molar-refractivity contribution in [3.63, 3.8) is 0 Å². The summed E-state index contributed by atoms with van der Waals surface area (Å²) >= 11 is 0. The molecule has 0 spiro atoms. The SMILES string of the molecule is CCOC(=O)c1ccc(NC(=O)c2ccc(NC(=O)CC)cc2)cc1. The zero-order chi connectivity index (χ0) is 18.2. The van der Waals surface area contributed by atoms with Crippen LogP contribution in [0.1, 0.15) is 41.0 Å². The molecule has 2 aromatic rings. The van der Waals surface area contributed by atoms with Crippen LogP contribution < -0.4 is 10.6 Å². The Labute approximate surface area is 146 Å². The second-order valence-electron chi connectivity index (χ2n) is 5.23. The number of hydrogen-bond donors (Lipinski definition) is 2. The van der Waals surface area contributed by atoms with Gasteiger partial charge < -0.3 is 15.4 Å². The Kier molecular flexibility index (Phi) is 6.28. The standard InChI is InChI=1S/C19H20N2O4/c1-3-17(22)20-15-9-5-13(6-10-15)18(23)21-16-11-7-14(8-12-16)19(24)25-4-2/h5-12H,3-4H2,1-2H3,(H,20,22)(H,21,23). The van der Waals surface area contributed by atoms with Gasteiger partial charge in [0.25, 0.3) is 5.91 Å². The van der Waals surface area contributed by atoms with Crippen LogP contribution in [0.3, 0.4) is 0 Å². The fourth-order valence-electron chi connectivity index (χ4n) is 2.06. The molecular weight excluding hydrogens is 320 g/mol. The Morgan fingerprint density at radius 1 is 0.800 bits per heavy atom. The molecule has 0 radical (unpaired) electrons. The molecule has 0 aliphatic carbocycles. The van der Waals surface area contributed by atoms with Gasteiger partial charge in [0.2, 0.25) is 5.91 Å². The predicted molar refractivity (Wildman–Crippen MR) is 95.7 cm³/mol. The maximum absolute atomic E-state index is 12.2. The lowest BCUT2D eigenvalue weighted by atomic mass is 10.1. The first-order chi connectivity index (χ1) is 12.0. The fourth-order valence-corrected chi connectivity index (χ4v) is 2.06. The first kappa shape index (κ1) is 18.2. The molecular formula is C19H20N2O4. The normalized spacial score (nSPS) is 10.0. The van der Waals surface area contributed by atoms with Crippen LogP contribution in [-0.4, -0.2) is 24.4 Å². The number of benzene rings is 2. The van der Waals surface area contributed by atoms with E-state index in [2.05, 4.69) is 10.6 Å². The van der Waals surface area contributed by atoms with Gasteiger partial charge in [0.1, 0.15) is 0 Å². The van der Waals surface area contributed by atoms with Crippen LogP contribution in [0.4, 0.5) is 11.4 Å². The maximum Gasteiger partial charge on any atom is 0.338 e. The molecule has 2 aromatic carbocycles. The highest BCUT2D eigenvalue weighted by molar-refractivity contribution is 6.05. The van der Waals surface area contributed by atoms with E-state index < -0.39 is 5.97 Å². The number of amides is 2. The highest BCUT2D eigenvalue weighted by Gasteiger charge is 2.09. The van der Waals surface area contributed by atoms with E-state index in [-0.39, 0.29) is 11.8 Å². The Bertz CT molecular complexity index is 752. The lowest BCUT2D eigenvalue weighted by Gasteiger charge is -2.08. The van der Waals surface area contributed by atoms with Gasteiger partial charge in [0.05, 0.1) is 12.2 Å². The van der Waals surface area contributed by atoms with Crippen LogP contribution in [0.5, 0.6) is 0 Å². The number of anilines is 2.